The van der Waals surface area contributed by atoms with Crippen molar-refractivity contribution < 1.29 is 9.53 Å². The first-order chi connectivity index (χ1) is 9.04. The summed E-state index contributed by atoms with van der Waals surface area (Å²) in [5, 5.41) is 3.16. The lowest BCUT2D eigenvalue weighted by Crippen LogP contribution is -2.35. The van der Waals surface area contributed by atoms with Crippen LogP contribution in [0.15, 0.2) is 24.3 Å². The second-order valence-electron chi connectivity index (χ2n) is 4.79. The van der Waals surface area contributed by atoms with Gasteiger partial charge in [0.2, 0.25) is 5.91 Å². The summed E-state index contributed by atoms with van der Waals surface area (Å²) in [5.74, 6) is 0.978. The van der Waals surface area contributed by atoms with E-state index in [0.717, 1.165) is 17.9 Å². The van der Waals surface area contributed by atoms with Gasteiger partial charge in [-0.1, -0.05) is 18.2 Å². The van der Waals surface area contributed by atoms with Gasteiger partial charge in [-0.25, -0.2) is 0 Å². The highest BCUT2D eigenvalue weighted by atomic mass is 16.5. The molecule has 0 spiro atoms. The normalized spacial score (nSPS) is 10.6. The Labute approximate surface area is 115 Å². The van der Waals surface area contributed by atoms with Gasteiger partial charge in [0.05, 0.1) is 12.6 Å². The number of benzene rings is 1. The fraction of sp³-hybridized carbons (Fsp3) is 0.533. The van der Waals surface area contributed by atoms with Crippen molar-refractivity contribution in [2.24, 2.45) is 0 Å². The quantitative estimate of drug-likeness (QED) is 0.819. The molecule has 1 aromatic rings. The molecule has 19 heavy (non-hydrogen) atoms. The molecule has 0 bridgehead atoms. The van der Waals surface area contributed by atoms with Gasteiger partial charge in [0.25, 0.3) is 0 Å². The number of ether oxygens (including phenoxy) is 1. The molecule has 0 saturated heterocycles. The summed E-state index contributed by atoms with van der Waals surface area (Å²) < 4.78 is 5.74. The number of nitrogens with zero attached hydrogens (tertiary/aromatic N) is 1. The van der Waals surface area contributed by atoms with Crippen LogP contribution in [0, 0.1) is 0 Å². The van der Waals surface area contributed by atoms with Crippen LogP contribution in [0.3, 0.4) is 0 Å². The number of likely N-dealkylation sites (N-methyl/N-ethyl adjacent to an activating group) is 1. The van der Waals surface area contributed by atoms with Gasteiger partial charge in [0, 0.05) is 25.7 Å². The Hall–Kier alpha value is -1.55. The van der Waals surface area contributed by atoms with Gasteiger partial charge in [0.1, 0.15) is 5.75 Å². The fourth-order valence-corrected chi connectivity index (χ4v) is 1.63. The van der Waals surface area contributed by atoms with E-state index in [1.54, 1.807) is 11.9 Å². The standard InChI is InChI=1S/C15H24N2O2/c1-5-17(4)15(18)11-16-10-13-8-6-7-9-14(13)19-12(2)3/h6-9,12,16H,5,10-11H2,1-4H3. The van der Waals surface area contributed by atoms with E-state index in [0.29, 0.717) is 13.1 Å². The number of hydrogen-bond donors (Lipinski definition) is 1. The van der Waals surface area contributed by atoms with E-state index in [2.05, 4.69) is 5.32 Å². The highest BCUT2D eigenvalue weighted by Gasteiger charge is 2.08. The first-order valence-electron chi connectivity index (χ1n) is 6.73. The van der Waals surface area contributed by atoms with Gasteiger partial charge in [-0.2, -0.15) is 0 Å². The second-order valence-corrected chi connectivity index (χ2v) is 4.79. The van der Waals surface area contributed by atoms with Crippen molar-refractivity contribution in [3.8, 4) is 5.75 Å². The third-order valence-corrected chi connectivity index (χ3v) is 2.83. The van der Waals surface area contributed by atoms with Gasteiger partial charge >= 0.3 is 0 Å². The van der Waals surface area contributed by atoms with Crippen LogP contribution >= 0.6 is 0 Å². The summed E-state index contributed by atoms with van der Waals surface area (Å²) >= 11 is 0. The maximum atomic E-state index is 11.7. The Morgan fingerprint density at radius 2 is 2.05 bits per heavy atom. The molecule has 0 atom stereocenters. The summed E-state index contributed by atoms with van der Waals surface area (Å²) in [4.78, 5) is 13.4. The van der Waals surface area contributed by atoms with Gasteiger partial charge in [-0.3, -0.25) is 4.79 Å². The smallest absolute Gasteiger partial charge is 0.236 e. The highest BCUT2D eigenvalue weighted by Crippen LogP contribution is 2.18. The Morgan fingerprint density at radius 3 is 2.68 bits per heavy atom. The lowest BCUT2D eigenvalue weighted by atomic mass is 10.2. The molecule has 1 aromatic carbocycles. The summed E-state index contributed by atoms with van der Waals surface area (Å²) in [6.45, 7) is 7.68. The van der Waals surface area contributed by atoms with Crippen molar-refractivity contribution in [1.82, 2.24) is 10.2 Å². The minimum absolute atomic E-state index is 0.102. The van der Waals surface area contributed by atoms with Crippen LogP contribution in [-0.2, 0) is 11.3 Å². The lowest BCUT2D eigenvalue weighted by Gasteiger charge is -2.16. The maximum absolute atomic E-state index is 11.7. The van der Waals surface area contributed by atoms with Crippen molar-refractivity contribution in [1.29, 1.82) is 0 Å². The molecule has 0 aliphatic carbocycles. The topological polar surface area (TPSA) is 41.6 Å². The number of nitrogens with one attached hydrogen (secondary N) is 1. The molecule has 4 heteroatoms. The number of carbonyl (C=O) groups excluding carboxylic acids is 1. The zero-order valence-electron chi connectivity index (χ0n) is 12.3. The number of amides is 1. The minimum atomic E-state index is 0.102. The molecular weight excluding hydrogens is 240 g/mol. The van der Waals surface area contributed by atoms with Crippen LogP contribution in [0.25, 0.3) is 0 Å². The average Bonchev–Trinajstić information content (AvgIpc) is 2.39. The Bertz CT molecular complexity index is 405. The maximum Gasteiger partial charge on any atom is 0.236 e. The van der Waals surface area contributed by atoms with E-state index in [9.17, 15) is 4.79 Å². The molecule has 4 nitrogen and oxygen atoms in total. The summed E-state index contributed by atoms with van der Waals surface area (Å²) in [5.41, 5.74) is 1.07. The Kier molecular flexibility index (Phi) is 6.36. The monoisotopic (exact) mass is 264 g/mol. The minimum Gasteiger partial charge on any atom is -0.491 e. The number of para-hydroxylation sites is 1. The number of hydrogen-bond acceptors (Lipinski definition) is 3. The van der Waals surface area contributed by atoms with Crippen LogP contribution in [-0.4, -0.2) is 37.0 Å². The van der Waals surface area contributed by atoms with E-state index in [-0.39, 0.29) is 12.0 Å². The molecule has 0 aliphatic rings. The third kappa shape index (κ3) is 5.30. The van der Waals surface area contributed by atoms with Crippen LogP contribution in [0.1, 0.15) is 26.3 Å². The lowest BCUT2D eigenvalue weighted by molar-refractivity contribution is -0.128. The van der Waals surface area contributed by atoms with Crippen LogP contribution in [0.4, 0.5) is 0 Å². The van der Waals surface area contributed by atoms with E-state index in [1.165, 1.54) is 0 Å². The molecular formula is C15H24N2O2. The molecule has 0 heterocycles. The SMILES string of the molecule is CCN(C)C(=O)CNCc1ccccc1OC(C)C. The van der Waals surface area contributed by atoms with E-state index < -0.39 is 0 Å². The van der Waals surface area contributed by atoms with Crippen LogP contribution < -0.4 is 10.1 Å². The van der Waals surface area contributed by atoms with E-state index in [1.807, 2.05) is 45.0 Å². The van der Waals surface area contributed by atoms with Crippen molar-refractivity contribution in [3.63, 3.8) is 0 Å². The number of carbonyl (C=O) groups is 1. The molecule has 0 saturated carbocycles. The third-order valence-electron chi connectivity index (χ3n) is 2.83. The van der Waals surface area contributed by atoms with Gasteiger partial charge in [0.15, 0.2) is 0 Å². The number of rotatable bonds is 7. The van der Waals surface area contributed by atoms with Gasteiger partial charge < -0.3 is 15.0 Å². The first kappa shape index (κ1) is 15.5. The molecule has 1 rings (SSSR count). The molecule has 0 unspecified atom stereocenters. The average molecular weight is 264 g/mol. The molecule has 0 aromatic heterocycles. The highest BCUT2D eigenvalue weighted by molar-refractivity contribution is 5.77. The predicted octanol–water partition coefficient (Wildman–Crippen LogP) is 2.04. The summed E-state index contributed by atoms with van der Waals surface area (Å²) in [6.07, 6.45) is 0.147. The van der Waals surface area contributed by atoms with Gasteiger partial charge in [-0.15, -0.1) is 0 Å². The molecule has 106 valence electrons. The van der Waals surface area contributed by atoms with Gasteiger partial charge in [-0.05, 0) is 26.8 Å². The second kappa shape index (κ2) is 7.79. The van der Waals surface area contributed by atoms with Crippen molar-refractivity contribution in [2.45, 2.75) is 33.4 Å². The molecule has 0 radical (unpaired) electrons. The largest absolute Gasteiger partial charge is 0.491 e. The molecule has 0 fully saturated rings. The zero-order chi connectivity index (χ0) is 14.3. The Balaban J connectivity index is 2.51. The van der Waals surface area contributed by atoms with Crippen molar-refractivity contribution in [3.05, 3.63) is 29.8 Å². The first-order valence-corrected chi connectivity index (χ1v) is 6.73. The van der Waals surface area contributed by atoms with E-state index >= 15 is 0 Å². The molecule has 0 aliphatic heterocycles. The van der Waals surface area contributed by atoms with Crippen molar-refractivity contribution >= 4 is 5.91 Å². The summed E-state index contributed by atoms with van der Waals surface area (Å²) in [7, 11) is 1.81. The molecule has 1 amide bonds. The van der Waals surface area contributed by atoms with Crippen molar-refractivity contribution in [2.75, 3.05) is 20.1 Å². The Morgan fingerprint density at radius 1 is 1.37 bits per heavy atom. The van der Waals surface area contributed by atoms with Crippen LogP contribution in [0.2, 0.25) is 0 Å². The van der Waals surface area contributed by atoms with Crippen LogP contribution in [0.5, 0.6) is 5.75 Å². The fourth-order valence-electron chi connectivity index (χ4n) is 1.63. The molecule has 1 N–H and O–H groups in total. The predicted molar refractivity (Wildman–Crippen MR) is 77.2 cm³/mol. The van der Waals surface area contributed by atoms with E-state index in [4.69, 9.17) is 4.74 Å². The zero-order valence-corrected chi connectivity index (χ0v) is 12.3. The summed E-state index contributed by atoms with van der Waals surface area (Å²) in [6, 6.07) is 7.90.